The zero-order valence-electron chi connectivity index (χ0n) is 31.7. The van der Waals surface area contributed by atoms with Crippen molar-refractivity contribution in [2.45, 2.75) is 53.4 Å². The molecule has 8 aromatic carbocycles. The molecular weight excluding hydrogens is 653 g/mol. The van der Waals surface area contributed by atoms with Gasteiger partial charge in [0.05, 0.1) is 0 Å². The van der Waals surface area contributed by atoms with E-state index in [1.807, 2.05) is 0 Å². The highest BCUT2D eigenvalue weighted by Gasteiger charge is 2.25. The molecule has 2 nitrogen and oxygen atoms in total. The highest BCUT2D eigenvalue weighted by molar-refractivity contribution is 6.12. The van der Waals surface area contributed by atoms with E-state index in [-0.39, 0.29) is 0 Å². The Morgan fingerprint density at radius 2 is 0.500 bits per heavy atom. The summed E-state index contributed by atoms with van der Waals surface area (Å²) < 4.78 is 0. The van der Waals surface area contributed by atoms with Crippen molar-refractivity contribution in [2.24, 2.45) is 0 Å². The number of fused-ring (bicyclic) bond motifs is 6. The fraction of sp³-hybridized carbons (Fsp3) is 0.154. The van der Waals surface area contributed by atoms with E-state index in [2.05, 4.69) is 195 Å². The topological polar surface area (TPSA) is 6.48 Å². The first-order valence-corrected chi connectivity index (χ1v) is 19.7. The lowest BCUT2D eigenvalue weighted by Crippen LogP contribution is -2.10. The molecule has 0 spiro atoms. The summed E-state index contributed by atoms with van der Waals surface area (Å²) in [6, 6.07) is 59.5. The zero-order valence-corrected chi connectivity index (χ0v) is 31.7. The molecule has 0 N–H and O–H groups in total. The minimum atomic E-state index is 1.03. The first-order valence-electron chi connectivity index (χ1n) is 19.7. The summed E-state index contributed by atoms with van der Waals surface area (Å²) >= 11 is 0. The summed E-state index contributed by atoms with van der Waals surface area (Å²) in [6.45, 7) is 8.84. The Hall–Kier alpha value is -6.12. The van der Waals surface area contributed by atoms with E-state index < -0.39 is 0 Å². The SMILES string of the molecule is CCc1ccc(N(c2ccc(CC)cc2)c2ccc3cc4c(cc3c2)-c2cc3cc(N(c5ccc(CC)cc5)c5ccc(CC)cc5)ccc3cc2-4)cc1. The van der Waals surface area contributed by atoms with Crippen LogP contribution in [0.4, 0.5) is 34.1 Å². The minimum absolute atomic E-state index is 1.03. The van der Waals surface area contributed by atoms with Crippen molar-refractivity contribution in [2.75, 3.05) is 9.80 Å². The smallest absolute Gasteiger partial charge is 0.0468 e. The molecule has 54 heavy (non-hydrogen) atoms. The third-order valence-electron chi connectivity index (χ3n) is 11.4. The first-order chi connectivity index (χ1) is 26.5. The Bertz CT molecular complexity index is 2330. The van der Waals surface area contributed by atoms with Gasteiger partial charge in [-0.05, 0) is 189 Å². The molecule has 264 valence electrons. The van der Waals surface area contributed by atoms with Crippen molar-refractivity contribution in [1.82, 2.24) is 0 Å². The molecule has 0 radical (unpaired) electrons. The van der Waals surface area contributed by atoms with Gasteiger partial charge in [0.15, 0.2) is 0 Å². The van der Waals surface area contributed by atoms with Crippen molar-refractivity contribution in [3.63, 3.8) is 0 Å². The van der Waals surface area contributed by atoms with Crippen LogP contribution in [0.2, 0.25) is 0 Å². The van der Waals surface area contributed by atoms with Gasteiger partial charge in [0.1, 0.15) is 0 Å². The van der Waals surface area contributed by atoms with Gasteiger partial charge in [0.2, 0.25) is 0 Å². The Morgan fingerprint density at radius 3 is 0.759 bits per heavy atom. The number of hydrogen-bond donors (Lipinski definition) is 0. The number of benzene rings is 8. The van der Waals surface area contributed by atoms with E-state index in [1.165, 1.54) is 88.8 Å². The van der Waals surface area contributed by atoms with Crippen LogP contribution in [0.3, 0.4) is 0 Å². The molecule has 0 heterocycles. The highest BCUT2D eigenvalue weighted by Crippen LogP contribution is 2.51. The molecule has 0 amide bonds. The molecule has 0 bridgehead atoms. The van der Waals surface area contributed by atoms with Gasteiger partial charge in [-0.3, -0.25) is 0 Å². The lowest BCUT2D eigenvalue weighted by Gasteiger charge is -2.29. The maximum absolute atomic E-state index is 2.40. The van der Waals surface area contributed by atoms with Gasteiger partial charge in [0.25, 0.3) is 0 Å². The van der Waals surface area contributed by atoms with Crippen LogP contribution >= 0.6 is 0 Å². The first kappa shape index (κ1) is 33.7. The van der Waals surface area contributed by atoms with Crippen molar-refractivity contribution < 1.29 is 0 Å². The van der Waals surface area contributed by atoms with Gasteiger partial charge >= 0.3 is 0 Å². The maximum atomic E-state index is 2.40. The average Bonchev–Trinajstić information content (AvgIpc) is 3.23. The molecule has 0 fully saturated rings. The molecule has 0 saturated heterocycles. The van der Waals surface area contributed by atoms with Crippen molar-refractivity contribution in [1.29, 1.82) is 0 Å². The van der Waals surface area contributed by atoms with Crippen LogP contribution in [0.25, 0.3) is 43.8 Å². The maximum Gasteiger partial charge on any atom is 0.0468 e. The van der Waals surface area contributed by atoms with Crippen LogP contribution in [0, 0.1) is 0 Å². The fourth-order valence-electron chi connectivity index (χ4n) is 8.09. The van der Waals surface area contributed by atoms with Crippen LogP contribution in [-0.4, -0.2) is 0 Å². The monoisotopic (exact) mass is 698 g/mol. The molecular formula is C52H46N2. The molecule has 0 aromatic heterocycles. The number of rotatable bonds is 10. The lowest BCUT2D eigenvalue weighted by molar-refractivity contribution is 1.13. The van der Waals surface area contributed by atoms with Crippen molar-refractivity contribution in [3.8, 4) is 22.3 Å². The van der Waals surface area contributed by atoms with Crippen molar-refractivity contribution >= 4 is 55.7 Å². The van der Waals surface area contributed by atoms with E-state index in [4.69, 9.17) is 0 Å². The van der Waals surface area contributed by atoms with Crippen LogP contribution in [0.1, 0.15) is 49.9 Å². The molecule has 2 heteroatoms. The van der Waals surface area contributed by atoms with Gasteiger partial charge in [-0.15, -0.1) is 0 Å². The van der Waals surface area contributed by atoms with E-state index in [0.29, 0.717) is 0 Å². The Morgan fingerprint density at radius 1 is 0.259 bits per heavy atom. The van der Waals surface area contributed by atoms with E-state index >= 15 is 0 Å². The van der Waals surface area contributed by atoms with Gasteiger partial charge in [-0.1, -0.05) is 88.4 Å². The molecule has 8 aromatic rings. The van der Waals surface area contributed by atoms with Crippen LogP contribution in [0.5, 0.6) is 0 Å². The Labute approximate surface area is 320 Å². The number of nitrogens with zero attached hydrogens (tertiary/aromatic N) is 2. The molecule has 0 atom stereocenters. The second-order valence-corrected chi connectivity index (χ2v) is 14.6. The zero-order chi connectivity index (χ0) is 36.8. The van der Waals surface area contributed by atoms with E-state index in [1.54, 1.807) is 0 Å². The summed E-state index contributed by atoms with van der Waals surface area (Å²) in [6.07, 6.45) is 4.12. The summed E-state index contributed by atoms with van der Waals surface area (Å²) in [5.41, 5.74) is 17.7. The predicted octanol–water partition coefficient (Wildman–Crippen LogP) is 14.8. The third kappa shape index (κ3) is 6.02. The molecule has 1 aliphatic rings. The molecule has 1 aliphatic carbocycles. The fourth-order valence-corrected chi connectivity index (χ4v) is 8.09. The quantitative estimate of drug-likeness (QED) is 0.140. The number of anilines is 6. The lowest BCUT2D eigenvalue weighted by atomic mass is 9.78. The summed E-state index contributed by atoms with van der Waals surface area (Å²) in [5.74, 6) is 0. The van der Waals surface area contributed by atoms with E-state index in [9.17, 15) is 0 Å². The normalized spacial score (nSPS) is 11.6. The van der Waals surface area contributed by atoms with Gasteiger partial charge < -0.3 is 9.80 Å². The average molecular weight is 699 g/mol. The minimum Gasteiger partial charge on any atom is -0.310 e. The standard InChI is InChI=1S/C52H46N2/c1-5-35-9-19-43(20-10-35)53(44-21-11-36(6-2)12-22-44)47-27-17-39-31-49-50-32-40-18-28-48(30-42(40)34-52(50)51(49)33-41(39)29-47)54(45-23-13-37(7-3)14-24-45)46-25-15-38(8-4)16-26-46/h9-34H,5-8H2,1-4H3. The predicted molar refractivity (Wildman–Crippen MR) is 233 cm³/mol. The Kier molecular flexibility index (Phi) is 8.75. The van der Waals surface area contributed by atoms with Gasteiger partial charge in [-0.2, -0.15) is 0 Å². The summed E-state index contributed by atoms with van der Waals surface area (Å²) in [4.78, 5) is 4.77. The number of hydrogen-bond acceptors (Lipinski definition) is 2. The second-order valence-electron chi connectivity index (χ2n) is 14.6. The largest absolute Gasteiger partial charge is 0.310 e. The molecule has 9 rings (SSSR count). The Balaban J connectivity index is 1.11. The van der Waals surface area contributed by atoms with Crippen LogP contribution in [-0.2, 0) is 25.7 Å². The van der Waals surface area contributed by atoms with Gasteiger partial charge in [0, 0.05) is 34.1 Å². The van der Waals surface area contributed by atoms with Gasteiger partial charge in [-0.25, -0.2) is 0 Å². The van der Waals surface area contributed by atoms with Crippen LogP contribution < -0.4 is 9.80 Å². The third-order valence-corrected chi connectivity index (χ3v) is 11.4. The molecule has 0 aliphatic heterocycles. The summed E-state index contributed by atoms with van der Waals surface area (Å²) in [5, 5.41) is 5.03. The van der Waals surface area contributed by atoms with Crippen molar-refractivity contribution in [3.05, 3.63) is 180 Å². The highest BCUT2D eigenvalue weighted by atomic mass is 15.1. The van der Waals surface area contributed by atoms with Crippen LogP contribution in [0.15, 0.2) is 158 Å². The summed E-state index contributed by atoms with van der Waals surface area (Å²) in [7, 11) is 0. The second kappa shape index (κ2) is 14.0. The number of aryl methyl sites for hydroxylation is 4. The van der Waals surface area contributed by atoms with E-state index in [0.717, 1.165) is 37.1 Å². The molecule has 0 saturated carbocycles. The molecule has 0 unspecified atom stereocenters.